The maximum atomic E-state index is 13.1. The van der Waals surface area contributed by atoms with Gasteiger partial charge in [-0.3, -0.25) is 0 Å². The Hall–Kier alpha value is -1.79. The molecule has 3 rings (SSSR count). The second kappa shape index (κ2) is 5.54. The molecule has 0 aliphatic heterocycles. The van der Waals surface area contributed by atoms with Crippen LogP contribution in [0.5, 0.6) is 0 Å². The quantitative estimate of drug-likeness (QED) is 0.652. The molecule has 0 radical (unpaired) electrons. The first-order valence-electron chi connectivity index (χ1n) is 6.12. The second-order valence-electron chi connectivity index (χ2n) is 4.56. The third-order valence-corrected chi connectivity index (χ3v) is 4.02. The number of aromatic nitrogens is 2. The fourth-order valence-corrected chi connectivity index (χ4v) is 2.73. The van der Waals surface area contributed by atoms with Crippen LogP contribution in [0.15, 0.2) is 39.6 Å². The number of rotatable bonds is 3. The number of nitrogens with one attached hydrogen (secondary N) is 3. The van der Waals surface area contributed by atoms with Crippen molar-refractivity contribution in [3.8, 4) is 0 Å². The van der Waals surface area contributed by atoms with Crippen molar-refractivity contribution in [3.05, 3.63) is 61.7 Å². The van der Waals surface area contributed by atoms with Crippen LogP contribution in [-0.4, -0.2) is 9.97 Å². The predicted molar refractivity (Wildman–Crippen MR) is 85.4 cm³/mol. The van der Waals surface area contributed by atoms with Gasteiger partial charge in [0.2, 0.25) is 0 Å². The smallest absolute Gasteiger partial charge is 0.323 e. The number of halogens is 3. The summed E-state index contributed by atoms with van der Waals surface area (Å²) in [6.45, 7) is 0.485. The molecule has 0 unspecified atom stereocenters. The lowest BCUT2D eigenvalue weighted by molar-refractivity contribution is 0.627. The average Bonchev–Trinajstić information content (AvgIpc) is 2.79. The van der Waals surface area contributed by atoms with Crippen LogP contribution in [0.25, 0.3) is 11.0 Å². The Morgan fingerprint density at radius 1 is 1.19 bits per heavy atom. The molecule has 0 bridgehead atoms. The zero-order chi connectivity index (χ0) is 15.0. The van der Waals surface area contributed by atoms with E-state index in [9.17, 15) is 9.18 Å². The largest absolute Gasteiger partial charge is 0.380 e. The van der Waals surface area contributed by atoms with Crippen LogP contribution in [0, 0.1) is 5.82 Å². The van der Waals surface area contributed by atoms with Gasteiger partial charge in [-0.1, -0.05) is 17.7 Å². The van der Waals surface area contributed by atoms with E-state index < -0.39 is 5.82 Å². The summed E-state index contributed by atoms with van der Waals surface area (Å²) >= 11 is 9.19. The van der Waals surface area contributed by atoms with E-state index >= 15 is 0 Å². The molecule has 0 fully saturated rings. The molecule has 0 spiro atoms. The Morgan fingerprint density at radius 2 is 1.90 bits per heavy atom. The molecule has 1 heterocycles. The van der Waals surface area contributed by atoms with Crippen LogP contribution >= 0.6 is 27.5 Å². The molecule has 3 N–H and O–H groups in total. The molecule has 108 valence electrons. The summed E-state index contributed by atoms with van der Waals surface area (Å²) in [4.78, 5) is 16.6. The van der Waals surface area contributed by atoms with Crippen molar-refractivity contribution in [1.29, 1.82) is 0 Å². The SMILES string of the molecule is O=c1[nH]c2cc(Br)c(NCc3ccc(F)c(Cl)c3)cc2[nH]1. The van der Waals surface area contributed by atoms with Gasteiger partial charge >= 0.3 is 5.69 Å². The highest BCUT2D eigenvalue weighted by atomic mass is 79.9. The van der Waals surface area contributed by atoms with Crippen LogP contribution in [0.3, 0.4) is 0 Å². The number of H-pyrrole nitrogens is 2. The lowest BCUT2D eigenvalue weighted by atomic mass is 10.2. The Kier molecular flexibility index (Phi) is 3.73. The van der Waals surface area contributed by atoms with Gasteiger partial charge < -0.3 is 15.3 Å². The number of fused-ring (bicyclic) bond motifs is 1. The zero-order valence-electron chi connectivity index (χ0n) is 10.6. The van der Waals surface area contributed by atoms with Crippen molar-refractivity contribution in [2.75, 3.05) is 5.32 Å². The van der Waals surface area contributed by atoms with Crippen molar-refractivity contribution in [2.24, 2.45) is 0 Å². The van der Waals surface area contributed by atoms with Crippen LogP contribution in [0.1, 0.15) is 5.56 Å². The molecule has 4 nitrogen and oxygen atoms in total. The van der Waals surface area contributed by atoms with Gasteiger partial charge in [-0.15, -0.1) is 0 Å². The van der Waals surface area contributed by atoms with Crippen LogP contribution in [0.2, 0.25) is 5.02 Å². The number of hydrogen-bond acceptors (Lipinski definition) is 2. The highest BCUT2D eigenvalue weighted by molar-refractivity contribution is 9.10. The number of anilines is 1. The van der Waals surface area contributed by atoms with Crippen molar-refractivity contribution in [1.82, 2.24) is 9.97 Å². The molecule has 0 aliphatic rings. The summed E-state index contributed by atoms with van der Waals surface area (Å²) in [6, 6.07) is 8.21. The van der Waals surface area contributed by atoms with Gasteiger partial charge in [0.1, 0.15) is 5.82 Å². The second-order valence-corrected chi connectivity index (χ2v) is 5.82. The topological polar surface area (TPSA) is 60.7 Å². The number of aromatic amines is 2. The maximum Gasteiger partial charge on any atom is 0.323 e. The maximum absolute atomic E-state index is 13.1. The van der Waals surface area contributed by atoms with E-state index in [0.717, 1.165) is 21.2 Å². The Labute approximate surface area is 132 Å². The number of benzene rings is 2. The number of imidazole rings is 1. The fourth-order valence-electron chi connectivity index (χ4n) is 2.04. The van der Waals surface area contributed by atoms with Gasteiger partial charge in [0.05, 0.1) is 21.7 Å². The molecule has 7 heteroatoms. The fraction of sp³-hybridized carbons (Fsp3) is 0.0714. The van der Waals surface area contributed by atoms with Crippen molar-refractivity contribution in [2.45, 2.75) is 6.54 Å². The third kappa shape index (κ3) is 2.96. The lowest BCUT2D eigenvalue weighted by Crippen LogP contribution is -2.00. The van der Waals surface area contributed by atoms with Crippen LogP contribution < -0.4 is 11.0 Å². The molecule has 2 aromatic carbocycles. The Bertz CT molecular complexity index is 874. The minimum atomic E-state index is -0.437. The molecule has 3 aromatic rings. The molecule has 0 saturated carbocycles. The van der Waals surface area contributed by atoms with E-state index in [1.54, 1.807) is 12.1 Å². The van der Waals surface area contributed by atoms with Gasteiger partial charge in [0, 0.05) is 11.0 Å². The summed E-state index contributed by atoms with van der Waals surface area (Å²) in [5, 5.41) is 3.31. The Morgan fingerprint density at radius 3 is 2.62 bits per heavy atom. The highest BCUT2D eigenvalue weighted by Crippen LogP contribution is 2.27. The summed E-state index contributed by atoms with van der Waals surface area (Å²) in [5.41, 5.74) is 2.86. The predicted octanol–water partition coefficient (Wildman–Crippen LogP) is 4.02. The summed E-state index contributed by atoms with van der Waals surface area (Å²) in [6.07, 6.45) is 0. The van der Waals surface area contributed by atoms with Crippen LogP contribution in [0.4, 0.5) is 10.1 Å². The molecule has 21 heavy (non-hydrogen) atoms. The molecule has 0 saturated heterocycles. The van der Waals surface area contributed by atoms with Gasteiger partial charge in [0.25, 0.3) is 0 Å². The van der Waals surface area contributed by atoms with Gasteiger partial charge in [-0.2, -0.15) is 0 Å². The lowest BCUT2D eigenvalue weighted by Gasteiger charge is -2.09. The first kappa shape index (κ1) is 14.2. The standard InChI is InChI=1S/C14H10BrClFN3O/c15-8-4-12-13(20-14(21)19-12)5-11(8)18-6-7-1-2-10(17)9(16)3-7/h1-5,18H,6H2,(H2,19,20,21). The van der Waals surface area contributed by atoms with Crippen molar-refractivity contribution < 1.29 is 4.39 Å². The van der Waals surface area contributed by atoms with E-state index in [4.69, 9.17) is 11.6 Å². The highest BCUT2D eigenvalue weighted by Gasteiger charge is 2.06. The summed E-state index contributed by atoms with van der Waals surface area (Å²) < 4.78 is 13.9. The average molecular weight is 371 g/mol. The van der Waals surface area contributed by atoms with Gasteiger partial charge in [-0.05, 0) is 45.8 Å². The third-order valence-electron chi connectivity index (χ3n) is 3.07. The minimum Gasteiger partial charge on any atom is -0.380 e. The molecular formula is C14H10BrClFN3O. The molecule has 0 atom stereocenters. The van der Waals surface area contributed by atoms with E-state index in [0.29, 0.717) is 12.1 Å². The monoisotopic (exact) mass is 369 g/mol. The van der Waals surface area contributed by atoms with E-state index in [1.165, 1.54) is 6.07 Å². The molecule has 0 amide bonds. The first-order chi connectivity index (χ1) is 10.0. The van der Waals surface area contributed by atoms with E-state index in [2.05, 4.69) is 31.2 Å². The first-order valence-corrected chi connectivity index (χ1v) is 7.29. The van der Waals surface area contributed by atoms with Crippen molar-refractivity contribution >= 4 is 44.3 Å². The Balaban J connectivity index is 1.85. The summed E-state index contributed by atoms with van der Waals surface area (Å²) in [5.74, 6) is -0.437. The zero-order valence-corrected chi connectivity index (χ0v) is 13.0. The molecular weight excluding hydrogens is 361 g/mol. The van der Waals surface area contributed by atoms with Crippen molar-refractivity contribution in [3.63, 3.8) is 0 Å². The minimum absolute atomic E-state index is 0.0961. The van der Waals surface area contributed by atoms with Gasteiger partial charge in [0.15, 0.2) is 0 Å². The number of hydrogen-bond donors (Lipinski definition) is 3. The van der Waals surface area contributed by atoms with E-state index in [1.807, 2.05) is 12.1 Å². The normalized spacial score (nSPS) is 11.0. The summed E-state index contributed by atoms with van der Waals surface area (Å²) in [7, 11) is 0. The van der Waals surface area contributed by atoms with E-state index in [-0.39, 0.29) is 10.7 Å². The van der Waals surface area contributed by atoms with Crippen LogP contribution in [-0.2, 0) is 6.54 Å². The molecule has 1 aromatic heterocycles. The van der Waals surface area contributed by atoms with Gasteiger partial charge in [-0.25, -0.2) is 9.18 Å². The molecule has 0 aliphatic carbocycles.